The molecule has 0 aromatic heterocycles. The van der Waals surface area contributed by atoms with E-state index < -0.39 is 11.0 Å². The highest BCUT2D eigenvalue weighted by molar-refractivity contribution is 5.37. The van der Waals surface area contributed by atoms with Crippen LogP contribution in [0.25, 0.3) is 0 Å². The highest BCUT2D eigenvalue weighted by atomic mass is 16.6. The summed E-state index contributed by atoms with van der Waals surface area (Å²) < 4.78 is 10.9. The molecule has 0 amide bonds. The lowest BCUT2D eigenvalue weighted by Gasteiger charge is -2.21. The molecule has 0 aliphatic heterocycles. The van der Waals surface area contributed by atoms with Crippen molar-refractivity contribution in [3.8, 4) is 11.5 Å². The van der Waals surface area contributed by atoms with E-state index in [-0.39, 0.29) is 12.3 Å². The van der Waals surface area contributed by atoms with Crippen molar-refractivity contribution in [1.82, 2.24) is 4.90 Å². The van der Waals surface area contributed by atoms with E-state index in [0.29, 0.717) is 25.4 Å². The molecule has 0 spiro atoms. The van der Waals surface area contributed by atoms with Gasteiger partial charge in [-0.15, -0.1) is 0 Å². The summed E-state index contributed by atoms with van der Waals surface area (Å²) in [6.07, 6.45) is -0.707. The summed E-state index contributed by atoms with van der Waals surface area (Å²) in [6.45, 7) is 3.74. The molecule has 2 rings (SSSR count). The summed E-state index contributed by atoms with van der Waals surface area (Å²) in [5.41, 5.74) is 1.08. The maximum atomic E-state index is 10.8. The Hall–Kier alpha value is -2.64. The van der Waals surface area contributed by atoms with Crippen molar-refractivity contribution in [3.05, 3.63) is 64.2 Å². The zero-order valence-corrected chi connectivity index (χ0v) is 15.0. The lowest BCUT2D eigenvalue weighted by Crippen LogP contribution is -2.32. The van der Waals surface area contributed by atoms with Gasteiger partial charge in [-0.05, 0) is 37.7 Å². The van der Waals surface area contributed by atoms with Gasteiger partial charge in [-0.3, -0.25) is 15.0 Å². The van der Waals surface area contributed by atoms with Crippen LogP contribution in [-0.4, -0.2) is 47.8 Å². The fraction of sp³-hybridized carbons (Fsp3) is 0.368. The van der Waals surface area contributed by atoms with Gasteiger partial charge in [0.15, 0.2) is 0 Å². The van der Waals surface area contributed by atoms with Crippen molar-refractivity contribution >= 4 is 5.69 Å². The number of nitro benzene ring substituents is 1. The monoisotopic (exact) mass is 360 g/mol. The van der Waals surface area contributed by atoms with Crippen molar-refractivity contribution in [2.24, 2.45) is 0 Å². The van der Waals surface area contributed by atoms with Gasteiger partial charge in [0.05, 0.1) is 17.6 Å². The maximum Gasteiger partial charge on any atom is 0.273 e. The van der Waals surface area contributed by atoms with Gasteiger partial charge in [0.25, 0.3) is 5.69 Å². The standard InChI is InChI=1S/C19H24N2O5/c1-3-25-18-9-7-15(8-10-18)12-20(2)13-17(22)14-26-19-6-4-5-16(11-19)21(23)24/h4-11,17,22H,3,12-14H2,1-2H3. The molecule has 2 aromatic rings. The van der Waals surface area contributed by atoms with Crippen LogP contribution in [0, 0.1) is 10.1 Å². The van der Waals surface area contributed by atoms with Gasteiger partial charge in [0, 0.05) is 19.2 Å². The number of aliphatic hydroxyl groups is 1. The molecule has 0 saturated heterocycles. The number of benzene rings is 2. The second-order valence-electron chi connectivity index (χ2n) is 5.99. The maximum absolute atomic E-state index is 10.8. The first-order valence-corrected chi connectivity index (χ1v) is 8.43. The van der Waals surface area contributed by atoms with Crippen LogP contribution in [0.2, 0.25) is 0 Å². The highest BCUT2D eigenvalue weighted by Crippen LogP contribution is 2.19. The number of likely N-dealkylation sites (N-methyl/N-ethyl adjacent to an activating group) is 1. The van der Waals surface area contributed by atoms with Crippen LogP contribution < -0.4 is 9.47 Å². The molecule has 7 nitrogen and oxygen atoms in total. The third kappa shape index (κ3) is 6.34. The average Bonchev–Trinajstić information content (AvgIpc) is 2.62. The molecule has 1 atom stereocenters. The second kappa shape index (κ2) is 9.74. The van der Waals surface area contributed by atoms with Gasteiger partial charge in [0.2, 0.25) is 0 Å². The van der Waals surface area contributed by atoms with E-state index in [1.807, 2.05) is 43.1 Å². The summed E-state index contributed by atoms with van der Waals surface area (Å²) in [5, 5.41) is 20.9. The van der Waals surface area contributed by atoms with Crippen molar-refractivity contribution in [2.75, 3.05) is 26.8 Å². The molecular weight excluding hydrogens is 336 g/mol. The quantitative estimate of drug-likeness (QED) is 0.518. The lowest BCUT2D eigenvalue weighted by molar-refractivity contribution is -0.384. The van der Waals surface area contributed by atoms with E-state index in [4.69, 9.17) is 9.47 Å². The van der Waals surface area contributed by atoms with Gasteiger partial charge in [-0.25, -0.2) is 0 Å². The average molecular weight is 360 g/mol. The minimum Gasteiger partial charge on any atom is -0.494 e. The third-order valence-corrected chi connectivity index (χ3v) is 3.68. The van der Waals surface area contributed by atoms with E-state index in [0.717, 1.165) is 11.3 Å². The second-order valence-corrected chi connectivity index (χ2v) is 5.99. The molecule has 1 N–H and O–H groups in total. The first-order valence-electron chi connectivity index (χ1n) is 8.43. The van der Waals surface area contributed by atoms with Crippen molar-refractivity contribution in [1.29, 1.82) is 0 Å². The predicted molar refractivity (Wildman–Crippen MR) is 98.5 cm³/mol. The van der Waals surface area contributed by atoms with Gasteiger partial charge in [-0.2, -0.15) is 0 Å². The Morgan fingerprint density at radius 1 is 1.15 bits per heavy atom. The number of nitrogens with zero attached hydrogens (tertiary/aromatic N) is 2. The van der Waals surface area contributed by atoms with Crippen LogP contribution in [0.1, 0.15) is 12.5 Å². The van der Waals surface area contributed by atoms with E-state index >= 15 is 0 Å². The predicted octanol–water partition coefficient (Wildman–Crippen LogP) is 2.87. The lowest BCUT2D eigenvalue weighted by atomic mass is 10.2. The van der Waals surface area contributed by atoms with Crippen LogP contribution in [0.5, 0.6) is 11.5 Å². The molecular formula is C19H24N2O5. The largest absolute Gasteiger partial charge is 0.494 e. The Bertz CT molecular complexity index is 705. The van der Waals surface area contributed by atoms with Crippen LogP contribution in [0.3, 0.4) is 0 Å². The topological polar surface area (TPSA) is 85.1 Å². The summed E-state index contributed by atoms with van der Waals surface area (Å²) in [4.78, 5) is 12.3. The summed E-state index contributed by atoms with van der Waals surface area (Å²) >= 11 is 0. The van der Waals surface area contributed by atoms with Crippen LogP contribution in [0.15, 0.2) is 48.5 Å². The number of hydrogen-bond donors (Lipinski definition) is 1. The number of nitro groups is 1. The molecule has 0 fully saturated rings. The molecule has 0 aliphatic carbocycles. The third-order valence-electron chi connectivity index (χ3n) is 3.68. The molecule has 26 heavy (non-hydrogen) atoms. The SMILES string of the molecule is CCOc1ccc(CN(C)CC(O)COc2cccc([N+](=O)[O-])c2)cc1. The zero-order chi connectivity index (χ0) is 18.9. The van der Waals surface area contributed by atoms with Crippen LogP contribution in [0.4, 0.5) is 5.69 Å². The number of rotatable bonds is 10. The Kier molecular flexibility index (Phi) is 7.37. The molecule has 0 saturated carbocycles. The number of hydrogen-bond acceptors (Lipinski definition) is 6. The first-order chi connectivity index (χ1) is 12.5. The minimum atomic E-state index is -0.707. The van der Waals surface area contributed by atoms with Crippen molar-refractivity contribution in [3.63, 3.8) is 0 Å². The minimum absolute atomic E-state index is 0.0374. The molecule has 0 heterocycles. The normalized spacial score (nSPS) is 12.0. The van der Waals surface area contributed by atoms with Crippen molar-refractivity contribution < 1.29 is 19.5 Å². The zero-order valence-electron chi connectivity index (χ0n) is 15.0. The van der Waals surface area contributed by atoms with Crippen LogP contribution in [-0.2, 0) is 6.54 Å². The number of ether oxygens (including phenoxy) is 2. The van der Waals surface area contributed by atoms with E-state index in [9.17, 15) is 15.2 Å². The Balaban J connectivity index is 1.78. The van der Waals surface area contributed by atoms with Gasteiger partial charge < -0.3 is 14.6 Å². The molecule has 0 aliphatic rings. The van der Waals surface area contributed by atoms with E-state index in [1.54, 1.807) is 12.1 Å². The Morgan fingerprint density at radius 3 is 2.54 bits per heavy atom. The van der Waals surface area contributed by atoms with Gasteiger partial charge in [-0.1, -0.05) is 18.2 Å². The summed E-state index contributed by atoms with van der Waals surface area (Å²) in [6, 6.07) is 13.8. The highest BCUT2D eigenvalue weighted by Gasteiger charge is 2.11. The molecule has 1 unspecified atom stereocenters. The van der Waals surface area contributed by atoms with Crippen molar-refractivity contribution in [2.45, 2.75) is 19.6 Å². The number of aliphatic hydroxyl groups excluding tert-OH is 1. The van der Waals surface area contributed by atoms with Crippen LogP contribution >= 0.6 is 0 Å². The van der Waals surface area contributed by atoms with Gasteiger partial charge >= 0.3 is 0 Å². The molecule has 0 bridgehead atoms. The molecule has 0 radical (unpaired) electrons. The Morgan fingerprint density at radius 2 is 1.88 bits per heavy atom. The molecule has 140 valence electrons. The Labute approximate surface area is 152 Å². The molecule has 7 heteroatoms. The van der Waals surface area contributed by atoms with E-state index in [1.165, 1.54) is 12.1 Å². The first kappa shape index (κ1) is 19.7. The number of non-ortho nitro benzene ring substituents is 1. The summed E-state index contributed by atoms with van der Waals surface area (Å²) in [5.74, 6) is 1.21. The smallest absolute Gasteiger partial charge is 0.273 e. The fourth-order valence-corrected chi connectivity index (χ4v) is 2.53. The van der Waals surface area contributed by atoms with Gasteiger partial charge in [0.1, 0.15) is 24.2 Å². The molecule has 2 aromatic carbocycles. The fourth-order valence-electron chi connectivity index (χ4n) is 2.53. The summed E-state index contributed by atoms with van der Waals surface area (Å²) in [7, 11) is 1.91. The van der Waals surface area contributed by atoms with E-state index in [2.05, 4.69) is 0 Å².